The molecular formula is C23H18F3NO3S. The predicted molar refractivity (Wildman–Crippen MR) is 112 cm³/mol. The Balaban J connectivity index is 1.53. The van der Waals surface area contributed by atoms with Gasteiger partial charge in [0.2, 0.25) is 0 Å². The van der Waals surface area contributed by atoms with Crippen LogP contribution in [0.4, 0.5) is 18.9 Å². The molecule has 0 aliphatic carbocycles. The Morgan fingerprint density at radius 1 is 1.00 bits per heavy atom. The molecule has 0 fully saturated rings. The zero-order valence-electron chi connectivity index (χ0n) is 16.1. The molecule has 0 aromatic heterocycles. The molecule has 160 valence electrons. The van der Waals surface area contributed by atoms with Gasteiger partial charge in [0.25, 0.3) is 5.91 Å². The zero-order chi connectivity index (χ0) is 22.0. The van der Waals surface area contributed by atoms with Crippen molar-refractivity contribution in [3.63, 3.8) is 0 Å². The molecule has 8 heteroatoms. The molecule has 1 aliphatic rings. The van der Waals surface area contributed by atoms with Crippen LogP contribution in [0.3, 0.4) is 0 Å². The first-order chi connectivity index (χ1) is 14.8. The van der Waals surface area contributed by atoms with E-state index >= 15 is 0 Å². The van der Waals surface area contributed by atoms with Gasteiger partial charge in [-0.2, -0.15) is 13.2 Å². The van der Waals surface area contributed by atoms with Crippen LogP contribution in [0.5, 0.6) is 5.75 Å². The molecule has 2 N–H and O–H groups in total. The summed E-state index contributed by atoms with van der Waals surface area (Å²) in [5.41, 5.74) is 0.856. The SMILES string of the molecule is O=C1Nc2cc(C(F)(F)F)ccc2S[C@@H](c2ccc(OCc3ccccc3)cc2)[C@@H]1O. The fourth-order valence-corrected chi connectivity index (χ4v) is 4.40. The number of thioether (sulfide) groups is 1. The van der Waals surface area contributed by atoms with E-state index in [1.807, 2.05) is 30.3 Å². The number of alkyl halides is 3. The molecule has 0 saturated carbocycles. The second-order valence-corrected chi connectivity index (χ2v) is 8.21. The molecule has 3 aromatic rings. The van der Waals surface area contributed by atoms with Crippen LogP contribution in [0.15, 0.2) is 77.7 Å². The van der Waals surface area contributed by atoms with E-state index in [0.29, 0.717) is 22.8 Å². The highest BCUT2D eigenvalue weighted by molar-refractivity contribution is 7.99. The van der Waals surface area contributed by atoms with Gasteiger partial charge in [0.1, 0.15) is 18.5 Å². The van der Waals surface area contributed by atoms with Crippen molar-refractivity contribution in [2.45, 2.75) is 29.0 Å². The van der Waals surface area contributed by atoms with E-state index < -0.39 is 29.0 Å². The molecule has 1 aliphatic heterocycles. The molecular weight excluding hydrogens is 427 g/mol. The lowest BCUT2D eigenvalue weighted by Gasteiger charge is -2.19. The van der Waals surface area contributed by atoms with Crippen LogP contribution in [0.2, 0.25) is 0 Å². The molecule has 0 unspecified atom stereocenters. The van der Waals surface area contributed by atoms with Gasteiger partial charge in [-0.15, -0.1) is 11.8 Å². The fourth-order valence-electron chi connectivity index (χ4n) is 3.20. The number of anilines is 1. The van der Waals surface area contributed by atoms with Gasteiger partial charge in [-0.05, 0) is 41.5 Å². The highest BCUT2D eigenvalue weighted by atomic mass is 32.2. The van der Waals surface area contributed by atoms with Gasteiger partial charge in [-0.1, -0.05) is 42.5 Å². The summed E-state index contributed by atoms with van der Waals surface area (Å²) in [4.78, 5) is 12.8. The van der Waals surface area contributed by atoms with E-state index in [-0.39, 0.29) is 5.69 Å². The van der Waals surface area contributed by atoms with E-state index in [9.17, 15) is 23.1 Å². The summed E-state index contributed by atoms with van der Waals surface area (Å²) < 4.78 is 44.8. The number of carbonyl (C=O) groups excluding carboxylic acids is 1. The Morgan fingerprint density at radius 3 is 2.39 bits per heavy atom. The van der Waals surface area contributed by atoms with Gasteiger partial charge in [0, 0.05) is 4.90 Å². The van der Waals surface area contributed by atoms with E-state index in [0.717, 1.165) is 29.5 Å². The van der Waals surface area contributed by atoms with Crippen LogP contribution in [0.25, 0.3) is 0 Å². The third-order valence-electron chi connectivity index (χ3n) is 4.83. The van der Waals surface area contributed by atoms with Crippen molar-refractivity contribution in [2.24, 2.45) is 0 Å². The van der Waals surface area contributed by atoms with Gasteiger partial charge in [0.05, 0.1) is 16.5 Å². The fraction of sp³-hybridized carbons (Fsp3) is 0.174. The van der Waals surface area contributed by atoms with Crippen molar-refractivity contribution < 1.29 is 27.8 Å². The minimum atomic E-state index is -4.52. The smallest absolute Gasteiger partial charge is 0.416 e. The van der Waals surface area contributed by atoms with E-state index in [2.05, 4.69) is 5.32 Å². The lowest BCUT2D eigenvalue weighted by atomic mass is 10.1. The maximum atomic E-state index is 13.0. The highest BCUT2D eigenvalue weighted by Crippen LogP contribution is 2.45. The molecule has 4 rings (SSSR count). The van der Waals surface area contributed by atoms with Gasteiger partial charge in [-0.3, -0.25) is 4.79 Å². The number of rotatable bonds is 4. The van der Waals surface area contributed by atoms with Gasteiger partial charge < -0.3 is 15.2 Å². The molecule has 0 spiro atoms. The average molecular weight is 445 g/mol. The van der Waals surface area contributed by atoms with Crippen molar-refractivity contribution in [2.75, 3.05) is 5.32 Å². The Kier molecular flexibility index (Phi) is 5.93. The number of aliphatic hydroxyl groups is 1. The number of amides is 1. The molecule has 1 amide bonds. The maximum absolute atomic E-state index is 13.0. The summed E-state index contributed by atoms with van der Waals surface area (Å²) in [6.45, 7) is 0.401. The van der Waals surface area contributed by atoms with Crippen LogP contribution in [-0.2, 0) is 17.6 Å². The number of benzene rings is 3. The predicted octanol–water partition coefficient (Wildman–Crippen LogP) is 5.43. The quantitative estimate of drug-likeness (QED) is 0.562. The van der Waals surface area contributed by atoms with Gasteiger partial charge in [0.15, 0.2) is 0 Å². The number of nitrogens with one attached hydrogen (secondary N) is 1. The third kappa shape index (κ3) is 4.86. The first-order valence-electron chi connectivity index (χ1n) is 9.45. The van der Waals surface area contributed by atoms with Crippen molar-refractivity contribution in [3.8, 4) is 5.75 Å². The normalized spacial score (nSPS) is 18.6. The molecule has 4 nitrogen and oxygen atoms in total. The second-order valence-electron chi connectivity index (χ2n) is 7.02. The Labute approximate surface area is 181 Å². The first kappa shape index (κ1) is 21.3. The molecule has 0 bridgehead atoms. The zero-order valence-corrected chi connectivity index (χ0v) is 16.9. The number of carbonyl (C=O) groups is 1. The first-order valence-corrected chi connectivity index (χ1v) is 10.3. The summed E-state index contributed by atoms with van der Waals surface area (Å²) in [6.07, 6.45) is -5.95. The second kappa shape index (κ2) is 8.64. The number of halogens is 3. The lowest BCUT2D eigenvalue weighted by molar-refractivity contribution is -0.137. The molecule has 2 atom stereocenters. The minimum Gasteiger partial charge on any atom is -0.489 e. The number of hydrogen-bond donors (Lipinski definition) is 2. The third-order valence-corrected chi connectivity index (χ3v) is 6.22. The molecule has 31 heavy (non-hydrogen) atoms. The van der Waals surface area contributed by atoms with Crippen molar-refractivity contribution >= 4 is 23.4 Å². The largest absolute Gasteiger partial charge is 0.489 e. The summed E-state index contributed by atoms with van der Waals surface area (Å²) in [5, 5.41) is 12.2. The molecule has 1 heterocycles. The van der Waals surface area contributed by atoms with Crippen LogP contribution in [-0.4, -0.2) is 17.1 Å². The topological polar surface area (TPSA) is 58.6 Å². The number of hydrogen-bond acceptors (Lipinski definition) is 4. The van der Waals surface area contributed by atoms with Crippen molar-refractivity contribution in [1.29, 1.82) is 0 Å². The lowest BCUT2D eigenvalue weighted by Crippen LogP contribution is -2.30. The average Bonchev–Trinajstić information content (AvgIpc) is 2.88. The maximum Gasteiger partial charge on any atom is 0.416 e. The number of fused-ring (bicyclic) bond motifs is 1. The summed E-state index contributed by atoms with van der Waals surface area (Å²) in [7, 11) is 0. The van der Waals surface area contributed by atoms with E-state index in [1.54, 1.807) is 24.3 Å². The molecule has 0 saturated heterocycles. The summed E-state index contributed by atoms with van der Waals surface area (Å²) >= 11 is 1.14. The Morgan fingerprint density at radius 2 is 1.71 bits per heavy atom. The highest BCUT2D eigenvalue weighted by Gasteiger charge is 2.35. The van der Waals surface area contributed by atoms with Crippen molar-refractivity contribution in [3.05, 3.63) is 89.5 Å². The summed E-state index contributed by atoms with van der Waals surface area (Å²) in [5.74, 6) is -0.125. The standard InChI is InChI=1S/C23H18F3NO3S/c24-23(25,26)16-8-11-19-18(12-16)27-22(29)20(28)21(31-19)15-6-9-17(10-7-15)30-13-14-4-2-1-3-5-14/h1-12,20-21,28H,13H2,(H,27,29)/t20-,21-/m0/s1. The monoisotopic (exact) mass is 445 g/mol. The van der Waals surface area contributed by atoms with Crippen LogP contribution in [0.1, 0.15) is 21.9 Å². The van der Waals surface area contributed by atoms with Crippen LogP contribution in [0, 0.1) is 0 Å². The Hall–Kier alpha value is -2.97. The van der Waals surface area contributed by atoms with Crippen LogP contribution >= 0.6 is 11.8 Å². The molecule has 3 aromatic carbocycles. The van der Waals surface area contributed by atoms with Gasteiger partial charge in [-0.25, -0.2) is 0 Å². The van der Waals surface area contributed by atoms with Crippen molar-refractivity contribution in [1.82, 2.24) is 0 Å². The Bertz CT molecular complexity index is 1070. The minimum absolute atomic E-state index is 0.0363. The van der Waals surface area contributed by atoms with E-state index in [4.69, 9.17) is 4.74 Å². The molecule has 0 radical (unpaired) electrons. The number of aliphatic hydroxyl groups excluding tert-OH is 1. The van der Waals surface area contributed by atoms with Gasteiger partial charge >= 0.3 is 6.18 Å². The van der Waals surface area contributed by atoms with E-state index in [1.165, 1.54) is 6.07 Å². The summed E-state index contributed by atoms with van der Waals surface area (Å²) in [6, 6.07) is 19.8. The number of ether oxygens (including phenoxy) is 1. The van der Waals surface area contributed by atoms with Crippen LogP contribution < -0.4 is 10.1 Å².